The molecule has 1 aromatic heterocycles. The summed E-state index contributed by atoms with van der Waals surface area (Å²) in [6.07, 6.45) is 3.53. The Labute approximate surface area is 153 Å². The SMILES string of the molecule is C=CC(=O)N1CCC=C(n2c(C)c(C#N)c3cc(F)c(F)c(C(N)=O)c32)C1. The molecule has 0 radical (unpaired) electrons. The molecule has 8 heteroatoms. The summed E-state index contributed by atoms with van der Waals surface area (Å²) in [5, 5.41) is 9.60. The highest BCUT2D eigenvalue weighted by atomic mass is 19.2. The van der Waals surface area contributed by atoms with Gasteiger partial charge < -0.3 is 15.2 Å². The van der Waals surface area contributed by atoms with Gasteiger partial charge in [-0.25, -0.2) is 8.78 Å². The molecule has 0 fully saturated rings. The van der Waals surface area contributed by atoms with Crippen LogP contribution in [0.3, 0.4) is 0 Å². The number of halogens is 2. The highest BCUT2D eigenvalue weighted by Gasteiger charge is 2.28. The molecule has 1 aliphatic rings. The Kier molecular flexibility index (Phi) is 4.54. The highest BCUT2D eigenvalue weighted by molar-refractivity contribution is 6.08. The minimum absolute atomic E-state index is 0.0228. The number of nitriles is 1. The van der Waals surface area contributed by atoms with Crippen LogP contribution in [0.15, 0.2) is 24.8 Å². The van der Waals surface area contributed by atoms with Gasteiger partial charge >= 0.3 is 0 Å². The quantitative estimate of drug-likeness (QED) is 0.841. The second kappa shape index (κ2) is 6.68. The zero-order valence-electron chi connectivity index (χ0n) is 14.6. The van der Waals surface area contributed by atoms with Gasteiger partial charge in [-0.05, 0) is 25.5 Å². The molecular weight excluding hydrogens is 354 g/mol. The van der Waals surface area contributed by atoms with E-state index >= 15 is 0 Å². The maximum absolute atomic E-state index is 14.4. The average Bonchev–Trinajstić information content (AvgIpc) is 2.92. The molecule has 1 aromatic carbocycles. The van der Waals surface area contributed by atoms with Crippen LogP contribution in [0.1, 0.15) is 28.0 Å². The first kappa shape index (κ1) is 18.3. The van der Waals surface area contributed by atoms with Gasteiger partial charge in [-0.3, -0.25) is 9.59 Å². The Hall–Kier alpha value is -3.47. The van der Waals surface area contributed by atoms with Gasteiger partial charge in [0.25, 0.3) is 5.91 Å². The Morgan fingerprint density at radius 2 is 2.11 bits per heavy atom. The second-order valence-corrected chi connectivity index (χ2v) is 6.16. The first-order chi connectivity index (χ1) is 12.8. The van der Waals surface area contributed by atoms with Crippen LogP contribution in [0.4, 0.5) is 8.78 Å². The van der Waals surface area contributed by atoms with Crippen molar-refractivity contribution >= 4 is 28.4 Å². The van der Waals surface area contributed by atoms with E-state index in [1.807, 2.05) is 12.1 Å². The smallest absolute Gasteiger partial charge is 0.253 e. The molecule has 3 rings (SSSR count). The molecule has 2 aromatic rings. The lowest BCUT2D eigenvalue weighted by molar-refractivity contribution is -0.125. The molecule has 0 saturated heterocycles. The number of primary amides is 1. The van der Waals surface area contributed by atoms with Crippen molar-refractivity contribution in [3.05, 3.63) is 53.3 Å². The monoisotopic (exact) mass is 370 g/mol. The summed E-state index contributed by atoms with van der Waals surface area (Å²) in [7, 11) is 0. The Bertz CT molecular complexity index is 1080. The molecule has 2 N–H and O–H groups in total. The number of nitrogens with zero attached hydrogens (tertiary/aromatic N) is 3. The van der Waals surface area contributed by atoms with Crippen molar-refractivity contribution < 1.29 is 18.4 Å². The number of benzene rings is 1. The van der Waals surface area contributed by atoms with Gasteiger partial charge in [0.05, 0.1) is 17.6 Å². The predicted molar refractivity (Wildman–Crippen MR) is 95.5 cm³/mol. The summed E-state index contributed by atoms with van der Waals surface area (Å²) < 4.78 is 29.9. The van der Waals surface area contributed by atoms with Gasteiger partial charge in [-0.2, -0.15) is 5.26 Å². The highest BCUT2D eigenvalue weighted by Crippen LogP contribution is 2.34. The fourth-order valence-corrected chi connectivity index (χ4v) is 3.44. The number of amides is 2. The van der Waals surface area contributed by atoms with Crippen molar-refractivity contribution in [1.29, 1.82) is 5.26 Å². The minimum Gasteiger partial charge on any atom is -0.365 e. The summed E-state index contributed by atoms with van der Waals surface area (Å²) in [6, 6.07) is 2.85. The number of aromatic nitrogens is 1. The Balaban J connectivity index is 2.35. The second-order valence-electron chi connectivity index (χ2n) is 6.16. The van der Waals surface area contributed by atoms with Gasteiger partial charge in [-0.15, -0.1) is 0 Å². The molecule has 0 saturated carbocycles. The van der Waals surface area contributed by atoms with Crippen LogP contribution in [-0.4, -0.2) is 34.4 Å². The third-order valence-corrected chi connectivity index (χ3v) is 4.65. The normalized spacial score (nSPS) is 14.0. The van der Waals surface area contributed by atoms with Crippen LogP contribution in [0.2, 0.25) is 0 Å². The predicted octanol–water partition coefficient (Wildman–Crippen LogP) is 2.46. The van der Waals surface area contributed by atoms with E-state index in [9.17, 15) is 23.6 Å². The molecule has 0 unspecified atom stereocenters. The number of carbonyl (C=O) groups is 2. The zero-order valence-corrected chi connectivity index (χ0v) is 14.6. The first-order valence-electron chi connectivity index (χ1n) is 8.15. The number of rotatable bonds is 3. The van der Waals surface area contributed by atoms with Gasteiger partial charge in [0.15, 0.2) is 11.6 Å². The fraction of sp³-hybridized carbons (Fsp3) is 0.211. The van der Waals surface area contributed by atoms with Crippen LogP contribution in [0, 0.1) is 29.9 Å². The third-order valence-electron chi connectivity index (χ3n) is 4.65. The van der Waals surface area contributed by atoms with Crippen LogP contribution in [0.5, 0.6) is 0 Å². The molecule has 1 aliphatic heterocycles. The Morgan fingerprint density at radius 3 is 2.70 bits per heavy atom. The van der Waals surface area contributed by atoms with Gasteiger partial charge in [0.1, 0.15) is 11.6 Å². The van der Waals surface area contributed by atoms with E-state index in [4.69, 9.17) is 5.73 Å². The van der Waals surface area contributed by atoms with Gasteiger partial charge in [0.2, 0.25) is 5.91 Å². The number of hydrogen-bond donors (Lipinski definition) is 1. The lowest BCUT2D eigenvalue weighted by Gasteiger charge is -2.28. The van der Waals surface area contributed by atoms with Crippen molar-refractivity contribution in [3.8, 4) is 6.07 Å². The van der Waals surface area contributed by atoms with E-state index in [1.54, 1.807) is 6.92 Å². The molecule has 0 atom stereocenters. The lowest BCUT2D eigenvalue weighted by Crippen LogP contribution is -2.35. The number of fused-ring (bicyclic) bond motifs is 1. The third kappa shape index (κ3) is 2.77. The van der Waals surface area contributed by atoms with E-state index in [1.165, 1.54) is 15.5 Å². The van der Waals surface area contributed by atoms with E-state index < -0.39 is 23.1 Å². The molecule has 27 heavy (non-hydrogen) atoms. The average molecular weight is 370 g/mol. The maximum Gasteiger partial charge on any atom is 0.253 e. The van der Waals surface area contributed by atoms with E-state index in [0.717, 1.165) is 6.07 Å². The molecule has 0 bridgehead atoms. The summed E-state index contributed by atoms with van der Waals surface area (Å²) in [5.74, 6) is -4.04. The molecule has 6 nitrogen and oxygen atoms in total. The Morgan fingerprint density at radius 1 is 1.41 bits per heavy atom. The summed E-state index contributed by atoms with van der Waals surface area (Å²) >= 11 is 0. The molecule has 138 valence electrons. The van der Waals surface area contributed by atoms with Crippen LogP contribution < -0.4 is 5.73 Å². The van der Waals surface area contributed by atoms with Crippen LogP contribution >= 0.6 is 0 Å². The lowest BCUT2D eigenvalue weighted by atomic mass is 10.1. The van der Waals surface area contributed by atoms with Crippen molar-refractivity contribution in [1.82, 2.24) is 9.47 Å². The molecular formula is C19H16F2N4O2. The van der Waals surface area contributed by atoms with E-state index in [0.29, 0.717) is 24.4 Å². The largest absolute Gasteiger partial charge is 0.365 e. The molecule has 0 spiro atoms. The standard InChI is InChI=1S/C19H16F2N4O2/c1-3-15(26)24-6-4-5-11(9-24)25-10(2)13(8-22)12-7-14(20)17(21)16(18(12)25)19(23)27/h3,5,7H,1,4,6,9H2,2H3,(H2,23,27). The van der Waals surface area contributed by atoms with Gasteiger partial charge in [-0.1, -0.05) is 12.7 Å². The minimum atomic E-state index is -1.37. The van der Waals surface area contributed by atoms with Crippen molar-refractivity contribution in [2.75, 3.05) is 13.1 Å². The summed E-state index contributed by atoms with van der Waals surface area (Å²) in [5.41, 5.74) is 5.78. The first-order valence-corrected chi connectivity index (χ1v) is 8.15. The summed E-state index contributed by atoms with van der Waals surface area (Å²) in [4.78, 5) is 25.4. The van der Waals surface area contributed by atoms with Crippen LogP contribution in [0.25, 0.3) is 16.6 Å². The number of carbonyl (C=O) groups excluding carboxylic acids is 2. The van der Waals surface area contributed by atoms with E-state index in [2.05, 4.69) is 6.58 Å². The topological polar surface area (TPSA) is 92.1 Å². The zero-order chi connectivity index (χ0) is 19.9. The van der Waals surface area contributed by atoms with Gasteiger partial charge in [0, 0.05) is 23.3 Å². The number of hydrogen-bond acceptors (Lipinski definition) is 3. The maximum atomic E-state index is 14.4. The van der Waals surface area contributed by atoms with Crippen molar-refractivity contribution in [2.24, 2.45) is 5.73 Å². The number of nitrogens with two attached hydrogens (primary N) is 1. The van der Waals surface area contributed by atoms with Crippen LogP contribution in [-0.2, 0) is 4.79 Å². The van der Waals surface area contributed by atoms with Crippen molar-refractivity contribution in [3.63, 3.8) is 0 Å². The molecule has 2 amide bonds. The van der Waals surface area contributed by atoms with E-state index in [-0.39, 0.29) is 28.9 Å². The molecule has 2 heterocycles. The summed E-state index contributed by atoms with van der Waals surface area (Å²) in [6.45, 7) is 5.71. The fourth-order valence-electron chi connectivity index (χ4n) is 3.44. The van der Waals surface area contributed by atoms with Crippen molar-refractivity contribution in [2.45, 2.75) is 13.3 Å². The molecule has 0 aliphatic carbocycles.